The van der Waals surface area contributed by atoms with Crippen LogP contribution < -0.4 is 20.3 Å². The number of ether oxygens (including phenoxy) is 1. The Balaban J connectivity index is 1.52. The summed E-state index contributed by atoms with van der Waals surface area (Å²) in [6.07, 6.45) is 2.82. The van der Waals surface area contributed by atoms with E-state index in [0.717, 1.165) is 28.2 Å². The average molecular weight is 425 g/mol. The Morgan fingerprint density at radius 3 is 2.60 bits per heavy atom. The maximum absolute atomic E-state index is 12.9. The van der Waals surface area contributed by atoms with Crippen molar-refractivity contribution in [2.45, 2.75) is 50.8 Å². The summed E-state index contributed by atoms with van der Waals surface area (Å²) in [6.45, 7) is -0.946. The molecule has 2 aliphatic rings. The monoisotopic (exact) mass is 425 g/mol. The zero-order valence-electron chi connectivity index (χ0n) is 17.0. The number of imide groups is 1. The first kappa shape index (κ1) is 21.9. The first-order valence-electron chi connectivity index (χ1n) is 9.95. The number of hydrogen-bond donors (Lipinski definition) is 3. The molecule has 1 unspecified atom stereocenters. The lowest BCUT2D eigenvalue weighted by molar-refractivity contribution is -0.879. The molecule has 30 heavy (non-hydrogen) atoms. The molecule has 2 atom stereocenters. The lowest BCUT2D eigenvalue weighted by Gasteiger charge is -2.23. The Kier molecular flexibility index (Phi) is 6.55. The Morgan fingerprint density at radius 2 is 2.00 bits per heavy atom. The molecular formula is C20H27F2N4O4+. The van der Waals surface area contributed by atoms with Crippen molar-refractivity contribution in [3.63, 3.8) is 0 Å². The molecule has 1 heterocycles. The van der Waals surface area contributed by atoms with Crippen molar-refractivity contribution in [2.75, 3.05) is 20.3 Å². The van der Waals surface area contributed by atoms with Crippen molar-refractivity contribution in [3.05, 3.63) is 29.8 Å². The van der Waals surface area contributed by atoms with Crippen molar-refractivity contribution in [2.24, 2.45) is 0 Å². The first-order valence-corrected chi connectivity index (χ1v) is 9.95. The van der Waals surface area contributed by atoms with E-state index in [4.69, 9.17) is 0 Å². The Hall–Kier alpha value is -2.75. The third-order valence-electron chi connectivity index (χ3n) is 5.24. The number of alkyl halides is 2. The number of carbonyl (C=O) groups is 3. The number of quaternary nitrogens is 1. The van der Waals surface area contributed by atoms with Gasteiger partial charge in [0.15, 0.2) is 13.2 Å². The van der Waals surface area contributed by atoms with Crippen molar-refractivity contribution in [1.29, 1.82) is 0 Å². The topological polar surface area (TPSA) is 92.2 Å². The molecule has 1 aromatic carbocycles. The largest absolute Gasteiger partial charge is 0.435 e. The van der Waals surface area contributed by atoms with Gasteiger partial charge in [-0.25, -0.2) is 9.69 Å². The molecular weight excluding hydrogens is 398 g/mol. The molecule has 0 radical (unpaired) electrons. The summed E-state index contributed by atoms with van der Waals surface area (Å²) in [6, 6.07) is 5.96. The molecule has 4 amide bonds. The summed E-state index contributed by atoms with van der Waals surface area (Å²) in [5, 5.41) is 5.63. The number of benzene rings is 1. The van der Waals surface area contributed by atoms with Crippen molar-refractivity contribution in [3.8, 4) is 5.75 Å². The molecule has 2 fully saturated rings. The van der Waals surface area contributed by atoms with Crippen molar-refractivity contribution >= 4 is 17.8 Å². The van der Waals surface area contributed by atoms with Crippen LogP contribution in [0.1, 0.15) is 31.7 Å². The van der Waals surface area contributed by atoms with Gasteiger partial charge in [0.2, 0.25) is 0 Å². The molecule has 164 valence electrons. The smallest absolute Gasteiger partial charge is 0.387 e. The fourth-order valence-corrected chi connectivity index (χ4v) is 3.40. The summed E-state index contributed by atoms with van der Waals surface area (Å²) in [4.78, 5) is 39.0. The fourth-order valence-electron chi connectivity index (χ4n) is 3.40. The van der Waals surface area contributed by atoms with Gasteiger partial charge in [-0.3, -0.25) is 9.59 Å². The Morgan fingerprint density at radius 1 is 1.33 bits per heavy atom. The van der Waals surface area contributed by atoms with Gasteiger partial charge in [-0.05, 0) is 50.3 Å². The van der Waals surface area contributed by atoms with Crippen LogP contribution in [0.5, 0.6) is 5.75 Å². The highest BCUT2D eigenvalue weighted by atomic mass is 19.3. The van der Waals surface area contributed by atoms with E-state index >= 15 is 0 Å². The second-order valence-electron chi connectivity index (χ2n) is 8.15. The molecule has 1 aromatic rings. The van der Waals surface area contributed by atoms with Gasteiger partial charge in [0.25, 0.3) is 11.8 Å². The summed E-state index contributed by atoms with van der Waals surface area (Å²) in [5.41, 5.74) is -0.232. The van der Waals surface area contributed by atoms with E-state index in [0.29, 0.717) is 12.8 Å². The van der Waals surface area contributed by atoms with Gasteiger partial charge in [0.05, 0.1) is 7.05 Å². The lowest BCUT2D eigenvalue weighted by Crippen LogP contribution is -3.12. The van der Waals surface area contributed by atoms with Gasteiger partial charge in [0, 0.05) is 6.04 Å². The number of rotatable bonds is 10. The molecule has 0 aromatic heterocycles. The SMILES string of the molecule is C[NH+](CC(=O)NC1CC1)CN1C(=O)N[C@@](C)(CCc2ccc(OC(F)F)cc2)C1=O. The van der Waals surface area contributed by atoms with E-state index in [9.17, 15) is 23.2 Å². The van der Waals surface area contributed by atoms with Crippen LogP contribution in [0.15, 0.2) is 24.3 Å². The van der Waals surface area contributed by atoms with E-state index < -0.39 is 18.2 Å². The van der Waals surface area contributed by atoms with Gasteiger partial charge in [-0.1, -0.05) is 12.1 Å². The summed E-state index contributed by atoms with van der Waals surface area (Å²) in [7, 11) is 1.76. The van der Waals surface area contributed by atoms with Crippen LogP contribution in [0.25, 0.3) is 0 Å². The molecule has 3 rings (SSSR count). The summed E-state index contributed by atoms with van der Waals surface area (Å²) < 4.78 is 28.8. The highest BCUT2D eigenvalue weighted by Gasteiger charge is 2.48. The summed E-state index contributed by atoms with van der Waals surface area (Å²) >= 11 is 0. The highest BCUT2D eigenvalue weighted by molar-refractivity contribution is 6.06. The minimum atomic E-state index is -2.88. The van der Waals surface area contributed by atoms with E-state index in [1.54, 1.807) is 26.1 Å². The lowest BCUT2D eigenvalue weighted by atomic mass is 9.93. The molecule has 0 bridgehead atoms. The standard InChI is InChI=1S/C20H26F2N4O4/c1-20(10-9-13-3-7-15(8-4-13)30-18(21)22)17(28)26(19(29)24-20)12-25(2)11-16(27)23-14-5-6-14/h3-4,7-8,14,18H,5-6,9-12H2,1-2H3,(H,23,27)(H,24,29)/p+1/t20-/m0/s1. The third-order valence-corrected chi connectivity index (χ3v) is 5.24. The first-order chi connectivity index (χ1) is 14.2. The molecule has 1 aliphatic carbocycles. The average Bonchev–Trinajstić information content (AvgIpc) is 3.44. The van der Waals surface area contributed by atoms with Crippen LogP contribution in [0.4, 0.5) is 13.6 Å². The number of nitrogens with zero attached hydrogens (tertiary/aromatic N) is 1. The third kappa shape index (κ3) is 5.65. The van der Waals surface area contributed by atoms with Crippen LogP contribution >= 0.6 is 0 Å². The molecule has 1 saturated carbocycles. The van der Waals surface area contributed by atoms with E-state index in [-0.39, 0.29) is 36.8 Å². The van der Waals surface area contributed by atoms with Crippen LogP contribution in [0, 0.1) is 0 Å². The predicted molar refractivity (Wildman–Crippen MR) is 103 cm³/mol. The Labute approximate surface area is 173 Å². The highest BCUT2D eigenvalue weighted by Crippen LogP contribution is 2.24. The summed E-state index contributed by atoms with van der Waals surface area (Å²) in [5.74, 6) is -0.371. The van der Waals surface area contributed by atoms with E-state index in [1.807, 2.05) is 0 Å². The number of likely N-dealkylation sites (N-methyl/N-ethyl adjacent to an activating group) is 1. The van der Waals surface area contributed by atoms with Gasteiger partial charge < -0.3 is 20.3 Å². The number of urea groups is 1. The number of amides is 4. The normalized spacial score (nSPS) is 22.2. The van der Waals surface area contributed by atoms with E-state index in [2.05, 4.69) is 15.4 Å². The number of carbonyl (C=O) groups excluding carboxylic acids is 3. The van der Waals surface area contributed by atoms with Crippen LogP contribution in [-0.2, 0) is 16.0 Å². The number of aryl methyl sites for hydroxylation is 1. The Bertz CT molecular complexity index is 801. The van der Waals surface area contributed by atoms with Crippen LogP contribution in [0.2, 0.25) is 0 Å². The van der Waals surface area contributed by atoms with Crippen LogP contribution in [-0.4, -0.2) is 61.2 Å². The number of nitrogens with one attached hydrogen (secondary N) is 3. The number of hydrogen-bond acceptors (Lipinski definition) is 4. The molecule has 10 heteroatoms. The predicted octanol–water partition coefficient (Wildman–Crippen LogP) is 0.282. The fraction of sp³-hybridized carbons (Fsp3) is 0.550. The molecule has 1 saturated heterocycles. The molecule has 8 nitrogen and oxygen atoms in total. The quantitative estimate of drug-likeness (QED) is 0.470. The zero-order chi connectivity index (χ0) is 21.9. The minimum Gasteiger partial charge on any atom is -0.435 e. The molecule has 3 N–H and O–H groups in total. The van der Waals surface area contributed by atoms with Gasteiger partial charge in [-0.2, -0.15) is 8.78 Å². The van der Waals surface area contributed by atoms with Gasteiger partial charge in [-0.15, -0.1) is 0 Å². The maximum Gasteiger partial charge on any atom is 0.387 e. The minimum absolute atomic E-state index is 0.0631. The second kappa shape index (κ2) is 8.95. The second-order valence-corrected chi connectivity index (χ2v) is 8.15. The molecule has 0 spiro atoms. The van der Waals surface area contributed by atoms with Crippen LogP contribution in [0.3, 0.4) is 0 Å². The van der Waals surface area contributed by atoms with Crippen molar-refractivity contribution in [1.82, 2.24) is 15.5 Å². The van der Waals surface area contributed by atoms with Gasteiger partial charge in [0.1, 0.15) is 11.3 Å². The molecule has 1 aliphatic heterocycles. The van der Waals surface area contributed by atoms with Crippen molar-refractivity contribution < 1.29 is 32.8 Å². The van der Waals surface area contributed by atoms with Gasteiger partial charge >= 0.3 is 12.6 Å². The zero-order valence-corrected chi connectivity index (χ0v) is 17.0. The number of halogens is 2. The maximum atomic E-state index is 12.9. The van der Waals surface area contributed by atoms with E-state index in [1.165, 1.54) is 12.1 Å².